The number of phosphoric acid groups is 2. The van der Waals surface area contributed by atoms with Crippen LogP contribution in [-0.2, 0) is 65.4 Å². The first kappa shape index (κ1) is 99.6. The van der Waals surface area contributed by atoms with E-state index in [1.165, 1.54) is 0 Å². The fraction of sp³-hybridized carbons (Fsp3) is 0.563. The Bertz CT molecular complexity index is 2830. The molecule has 596 valence electrons. The minimum Gasteiger partial charge on any atom is -0.462 e. The second kappa shape index (κ2) is 76.8. The Hall–Kier alpha value is -6.36. The molecule has 0 saturated carbocycles. The molecule has 0 aromatic heterocycles. The van der Waals surface area contributed by atoms with E-state index >= 15 is 0 Å². The first-order valence-corrected chi connectivity index (χ1v) is 42.3. The number of ether oxygens (including phenoxy) is 4. The molecule has 0 amide bonds. The smallest absolute Gasteiger partial charge is 0.462 e. The molecule has 5 unspecified atom stereocenters. The van der Waals surface area contributed by atoms with Crippen molar-refractivity contribution in [1.29, 1.82) is 0 Å². The van der Waals surface area contributed by atoms with Gasteiger partial charge in [-0.25, -0.2) is 9.13 Å². The number of hydrogen-bond donors (Lipinski definition) is 3. The Morgan fingerprint density at radius 2 is 0.519 bits per heavy atom. The van der Waals surface area contributed by atoms with Crippen LogP contribution in [0.1, 0.15) is 259 Å². The van der Waals surface area contributed by atoms with E-state index in [9.17, 15) is 43.2 Å². The Balaban J connectivity index is 5.53. The molecule has 17 nitrogen and oxygen atoms in total. The average molecular weight is 1520 g/mol. The van der Waals surface area contributed by atoms with E-state index in [1.807, 2.05) is 30.4 Å². The standard InChI is InChI=1S/C87H136O17P2/c1-5-9-13-17-21-25-29-33-36-39-40-43-45-49-52-56-60-64-68-72-85(90)98-78-83(104-87(92)74-70-66-62-58-54-50-46-42-38-35-31-27-23-19-15-11-7-3)80-102-106(95,96)100-76-81(88)75-99-105(93,94)101-79-82(103-86(91)73-69-65-61-57-53-47-32-28-24-20-16-12-8-4)77-97-84(89)71-67-63-59-55-51-48-44-41-37-34-30-26-22-18-14-10-6-2/h9-11,13-16,20-23,25-28,32-38,40,43-44,46,48-50,52,58,60,62,64,81-83,88H,5-8,12,17-19,24,29-31,39,41-42,45,47,51,53-57,59,61,63,65-80H2,1-4H3,(H,93,94)(H,95,96)/b13-9-,14-10-,15-11-,20-16-,25-21-,26-22-,27-23-,32-28-,36-33-,37-34-,38-35-,43-40-,48-44-,50-46-,52-49-,62-58-,64-60-. The molecule has 0 aliphatic carbocycles. The van der Waals surface area contributed by atoms with Gasteiger partial charge in [0, 0.05) is 25.7 Å². The number of aliphatic hydroxyl groups excluding tert-OH is 1. The highest BCUT2D eigenvalue weighted by molar-refractivity contribution is 7.47. The van der Waals surface area contributed by atoms with E-state index in [0.29, 0.717) is 38.5 Å². The Morgan fingerprint density at radius 3 is 0.849 bits per heavy atom. The molecule has 0 rings (SSSR count). The van der Waals surface area contributed by atoms with Gasteiger partial charge in [-0.1, -0.05) is 273 Å². The zero-order valence-corrected chi connectivity index (χ0v) is 66.8. The molecule has 0 bridgehead atoms. The number of phosphoric ester groups is 2. The molecular weight excluding hydrogens is 1380 g/mol. The van der Waals surface area contributed by atoms with Gasteiger partial charge < -0.3 is 33.8 Å². The summed E-state index contributed by atoms with van der Waals surface area (Å²) in [5.74, 6) is -2.41. The van der Waals surface area contributed by atoms with E-state index in [1.54, 1.807) is 0 Å². The van der Waals surface area contributed by atoms with Gasteiger partial charge >= 0.3 is 39.5 Å². The first-order valence-electron chi connectivity index (χ1n) is 39.3. The molecule has 19 heteroatoms. The van der Waals surface area contributed by atoms with Crippen LogP contribution in [0.25, 0.3) is 0 Å². The molecule has 0 aromatic rings. The van der Waals surface area contributed by atoms with Crippen molar-refractivity contribution in [2.75, 3.05) is 39.6 Å². The second-order valence-corrected chi connectivity index (χ2v) is 28.1. The summed E-state index contributed by atoms with van der Waals surface area (Å²) in [4.78, 5) is 73.0. The number of unbranched alkanes of at least 4 members (excludes halogenated alkanes) is 11. The van der Waals surface area contributed by atoms with Gasteiger partial charge in [0.25, 0.3) is 0 Å². The third-order valence-corrected chi connectivity index (χ3v) is 17.1. The molecule has 0 aliphatic rings. The molecule has 0 spiro atoms. The van der Waals surface area contributed by atoms with Crippen molar-refractivity contribution in [3.05, 3.63) is 207 Å². The molecule has 0 saturated heterocycles. The number of hydrogen-bond acceptors (Lipinski definition) is 15. The number of carbonyl (C=O) groups excluding carboxylic acids is 4. The minimum absolute atomic E-state index is 0.00908. The highest BCUT2D eigenvalue weighted by atomic mass is 31.2. The van der Waals surface area contributed by atoms with Gasteiger partial charge in [-0.2, -0.15) is 0 Å². The van der Waals surface area contributed by atoms with Crippen molar-refractivity contribution in [2.45, 2.75) is 277 Å². The maximum Gasteiger partial charge on any atom is 0.472 e. The molecular formula is C87H136O17P2. The van der Waals surface area contributed by atoms with E-state index in [2.05, 4.69) is 204 Å². The first-order chi connectivity index (χ1) is 51.7. The summed E-state index contributed by atoms with van der Waals surface area (Å²) in [5.41, 5.74) is 0. The van der Waals surface area contributed by atoms with Crippen LogP contribution in [0.5, 0.6) is 0 Å². The van der Waals surface area contributed by atoms with Crippen LogP contribution in [0.4, 0.5) is 0 Å². The van der Waals surface area contributed by atoms with Crippen molar-refractivity contribution < 1.29 is 80.2 Å². The second-order valence-electron chi connectivity index (χ2n) is 25.1. The van der Waals surface area contributed by atoms with Gasteiger partial charge in [0.1, 0.15) is 19.3 Å². The Kier molecular flexibility index (Phi) is 72.2. The summed E-state index contributed by atoms with van der Waals surface area (Å²) in [5, 5.41) is 10.6. The van der Waals surface area contributed by atoms with E-state index in [0.717, 1.165) is 167 Å². The van der Waals surface area contributed by atoms with Crippen LogP contribution in [-0.4, -0.2) is 96.7 Å². The lowest BCUT2D eigenvalue weighted by Crippen LogP contribution is -2.30. The number of aliphatic hydroxyl groups is 1. The topological polar surface area (TPSA) is 237 Å². The van der Waals surface area contributed by atoms with Crippen LogP contribution < -0.4 is 0 Å². The van der Waals surface area contributed by atoms with Crippen molar-refractivity contribution in [1.82, 2.24) is 0 Å². The molecule has 106 heavy (non-hydrogen) atoms. The highest BCUT2D eigenvalue weighted by Gasteiger charge is 2.30. The number of rotatable bonds is 71. The monoisotopic (exact) mass is 1510 g/mol. The Labute approximate surface area is 639 Å². The van der Waals surface area contributed by atoms with Crippen molar-refractivity contribution in [2.24, 2.45) is 0 Å². The van der Waals surface area contributed by atoms with Gasteiger partial charge in [-0.05, 0) is 167 Å². The fourth-order valence-electron chi connectivity index (χ4n) is 9.37. The average Bonchev–Trinajstić information content (AvgIpc) is 0.907. The predicted molar refractivity (Wildman–Crippen MR) is 435 cm³/mol. The summed E-state index contributed by atoms with van der Waals surface area (Å²) in [6, 6.07) is 0. The molecule has 0 aromatic carbocycles. The molecule has 0 radical (unpaired) electrons. The number of allylic oxidation sites excluding steroid dienone is 34. The van der Waals surface area contributed by atoms with Gasteiger partial charge in [0.2, 0.25) is 0 Å². The summed E-state index contributed by atoms with van der Waals surface area (Å²) in [6.45, 7) is 4.23. The van der Waals surface area contributed by atoms with Crippen molar-refractivity contribution >= 4 is 39.5 Å². The lowest BCUT2D eigenvalue weighted by atomic mass is 10.1. The van der Waals surface area contributed by atoms with E-state index in [-0.39, 0.29) is 25.7 Å². The van der Waals surface area contributed by atoms with Gasteiger partial charge in [0.05, 0.1) is 26.4 Å². The molecule has 5 atom stereocenters. The molecule has 0 heterocycles. The van der Waals surface area contributed by atoms with E-state index in [4.69, 9.17) is 37.0 Å². The normalized spacial score (nSPS) is 15.0. The van der Waals surface area contributed by atoms with Gasteiger partial charge in [0.15, 0.2) is 12.2 Å². The van der Waals surface area contributed by atoms with Crippen molar-refractivity contribution in [3.63, 3.8) is 0 Å². The molecule has 3 N–H and O–H groups in total. The third kappa shape index (κ3) is 75.9. The SMILES string of the molecule is CC/C=C\C/C=C\C/C=C\C/C=C\C/C=C\C/C=C\CCC(=O)OCC(COP(=O)(O)OCC(O)COP(=O)(O)OCC(COC(=O)CCCCCC/C=C\C/C=C\C/C=C\C/C=C\CC)OC(=O)CCCCCCC/C=C\C/C=C\CCC)OC(=O)CCC/C=C\C/C=C\C/C=C\C/C=C\C/C=C\CC. The van der Waals surface area contributed by atoms with Crippen LogP contribution >= 0.6 is 15.6 Å². The number of carbonyl (C=O) groups is 4. The van der Waals surface area contributed by atoms with Crippen LogP contribution in [0.15, 0.2) is 207 Å². The lowest BCUT2D eigenvalue weighted by molar-refractivity contribution is -0.161. The quantitative estimate of drug-likeness (QED) is 0.0169. The summed E-state index contributed by atoms with van der Waals surface area (Å²) < 4.78 is 68.4. The zero-order valence-electron chi connectivity index (χ0n) is 65.0. The van der Waals surface area contributed by atoms with E-state index < -0.39 is 97.5 Å². The van der Waals surface area contributed by atoms with Crippen molar-refractivity contribution in [3.8, 4) is 0 Å². The summed E-state index contributed by atoms with van der Waals surface area (Å²) in [7, 11) is -10.0. The lowest BCUT2D eigenvalue weighted by Gasteiger charge is -2.21. The predicted octanol–water partition coefficient (Wildman–Crippen LogP) is 23.1. The minimum atomic E-state index is -5.02. The van der Waals surface area contributed by atoms with Gasteiger partial charge in [-0.3, -0.25) is 37.3 Å². The van der Waals surface area contributed by atoms with Crippen LogP contribution in [0.3, 0.4) is 0 Å². The van der Waals surface area contributed by atoms with Crippen LogP contribution in [0, 0.1) is 0 Å². The summed E-state index contributed by atoms with van der Waals surface area (Å²) in [6.07, 6.45) is 95.5. The fourth-order valence-corrected chi connectivity index (χ4v) is 10.9. The summed E-state index contributed by atoms with van der Waals surface area (Å²) >= 11 is 0. The maximum absolute atomic E-state index is 13.1. The highest BCUT2D eigenvalue weighted by Crippen LogP contribution is 2.45. The molecule has 0 fully saturated rings. The third-order valence-electron chi connectivity index (χ3n) is 15.2. The van der Waals surface area contributed by atoms with Crippen LogP contribution in [0.2, 0.25) is 0 Å². The maximum atomic E-state index is 13.1. The largest absolute Gasteiger partial charge is 0.472 e. The van der Waals surface area contributed by atoms with Gasteiger partial charge in [-0.15, -0.1) is 0 Å². The molecule has 0 aliphatic heterocycles. The zero-order chi connectivity index (χ0) is 77.4. The Morgan fingerprint density at radius 1 is 0.274 bits per heavy atom. The number of esters is 4.